The Morgan fingerprint density at radius 1 is 1.47 bits per heavy atom. The topological polar surface area (TPSA) is 38.1 Å². The Kier molecular flexibility index (Phi) is 4.04. The van der Waals surface area contributed by atoms with Crippen LogP contribution < -0.4 is 0 Å². The van der Waals surface area contributed by atoms with Gasteiger partial charge in [0.2, 0.25) is 0 Å². The lowest BCUT2D eigenvalue weighted by atomic mass is 10.1. The van der Waals surface area contributed by atoms with E-state index in [1.165, 1.54) is 0 Å². The summed E-state index contributed by atoms with van der Waals surface area (Å²) in [6.45, 7) is 2.46. The maximum atomic E-state index is 12.4. The molecule has 1 aromatic heterocycles. The van der Waals surface area contributed by atoms with Crippen molar-refractivity contribution in [3.63, 3.8) is 0 Å². The molecule has 0 radical (unpaired) electrons. The van der Waals surface area contributed by atoms with Gasteiger partial charge in [0.15, 0.2) is 0 Å². The van der Waals surface area contributed by atoms with Gasteiger partial charge in [-0.25, -0.2) is 4.98 Å². The lowest BCUT2D eigenvalue weighted by Crippen LogP contribution is -2.27. The van der Waals surface area contributed by atoms with E-state index in [0.29, 0.717) is 12.1 Å². The molecule has 0 fully saturated rings. The third kappa shape index (κ3) is 3.04. The van der Waals surface area contributed by atoms with Crippen molar-refractivity contribution >= 4 is 21.8 Å². The van der Waals surface area contributed by atoms with Crippen LogP contribution in [0.15, 0.2) is 35.1 Å². The number of hydrogen-bond acceptors (Lipinski definition) is 2. The molecule has 4 nitrogen and oxygen atoms in total. The van der Waals surface area contributed by atoms with Crippen molar-refractivity contribution in [2.45, 2.75) is 13.5 Å². The molecule has 0 saturated heterocycles. The molecule has 2 aromatic rings. The maximum Gasteiger partial charge on any atom is 0.255 e. The van der Waals surface area contributed by atoms with Gasteiger partial charge < -0.3 is 9.47 Å². The summed E-state index contributed by atoms with van der Waals surface area (Å²) in [6.07, 6.45) is 3.60. The number of imidazole rings is 1. The van der Waals surface area contributed by atoms with E-state index in [4.69, 9.17) is 0 Å². The Morgan fingerprint density at radius 3 is 2.84 bits per heavy atom. The zero-order valence-electron chi connectivity index (χ0n) is 11.2. The molecule has 0 N–H and O–H groups in total. The van der Waals surface area contributed by atoms with Gasteiger partial charge in [-0.1, -0.05) is 11.6 Å². The molecule has 1 heterocycles. The van der Waals surface area contributed by atoms with E-state index < -0.39 is 0 Å². The van der Waals surface area contributed by atoms with Crippen LogP contribution in [-0.4, -0.2) is 27.4 Å². The standard InChI is InChI=1S/C14H16BrN3O/c1-10-4-5-12(15)11(8-10)14(19)18(3)9-13-16-6-7-17(13)2/h4-8H,9H2,1-3H3. The molecule has 0 unspecified atom stereocenters. The van der Waals surface area contributed by atoms with Crippen LogP contribution in [0.5, 0.6) is 0 Å². The normalized spacial score (nSPS) is 10.5. The second kappa shape index (κ2) is 5.57. The molecule has 2 rings (SSSR count). The summed E-state index contributed by atoms with van der Waals surface area (Å²) in [5.41, 5.74) is 1.74. The molecule has 1 amide bonds. The first-order valence-corrected chi connectivity index (χ1v) is 6.76. The number of nitrogens with zero attached hydrogens (tertiary/aromatic N) is 3. The summed E-state index contributed by atoms with van der Waals surface area (Å²) >= 11 is 3.42. The van der Waals surface area contributed by atoms with Crippen LogP contribution >= 0.6 is 15.9 Å². The molecule has 0 aliphatic carbocycles. The van der Waals surface area contributed by atoms with Crippen LogP contribution in [0.1, 0.15) is 21.7 Å². The molecule has 100 valence electrons. The van der Waals surface area contributed by atoms with Gasteiger partial charge in [0.05, 0.1) is 12.1 Å². The number of hydrogen-bond donors (Lipinski definition) is 0. The number of amides is 1. The molecule has 0 aliphatic heterocycles. The van der Waals surface area contributed by atoms with Gasteiger partial charge in [-0.15, -0.1) is 0 Å². The summed E-state index contributed by atoms with van der Waals surface area (Å²) in [5, 5.41) is 0. The third-order valence-corrected chi connectivity index (χ3v) is 3.69. The Bertz CT molecular complexity index is 606. The smallest absolute Gasteiger partial charge is 0.255 e. The summed E-state index contributed by atoms with van der Waals surface area (Å²) in [5.74, 6) is 0.846. The predicted octanol–water partition coefficient (Wildman–Crippen LogP) is 2.76. The van der Waals surface area contributed by atoms with E-state index in [1.54, 1.807) is 18.1 Å². The summed E-state index contributed by atoms with van der Waals surface area (Å²) < 4.78 is 2.73. The van der Waals surface area contributed by atoms with Crippen molar-refractivity contribution in [2.24, 2.45) is 7.05 Å². The SMILES string of the molecule is Cc1ccc(Br)c(C(=O)N(C)Cc2nccn2C)c1. The lowest BCUT2D eigenvalue weighted by Gasteiger charge is -2.18. The van der Waals surface area contributed by atoms with Crippen LogP contribution in [0.3, 0.4) is 0 Å². The van der Waals surface area contributed by atoms with Crippen LogP contribution in [0, 0.1) is 6.92 Å². The molecular formula is C14H16BrN3O. The van der Waals surface area contributed by atoms with Crippen molar-refractivity contribution in [1.82, 2.24) is 14.5 Å². The van der Waals surface area contributed by atoms with Crippen LogP contribution in [0.25, 0.3) is 0 Å². The number of aromatic nitrogens is 2. The van der Waals surface area contributed by atoms with Crippen molar-refractivity contribution in [2.75, 3.05) is 7.05 Å². The largest absolute Gasteiger partial charge is 0.337 e. The van der Waals surface area contributed by atoms with Crippen LogP contribution in [-0.2, 0) is 13.6 Å². The second-order valence-electron chi connectivity index (χ2n) is 4.60. The molecule has 0 spiro atoms. The van der Waals surface area contributed by atoms with Crippen LogP contribution in [0.2, 0.25) is 0 Å². The maximum absolute atomic E-state index is 12.4. The van der Waals surface area contributed by atoms with Gasteiger partial charge >= 0.3 is 0 Å². The highest BCUT2D eigenvalue weighted by molar-refractivity contribution is 9.10. The van der Waals surface area contributed by atoms with Crippen molar-refractivity contribution in [3.8, 4) is 0 Å². The van der Waals surface area contributed by atoms with Crippen molar-refractivity contribution in [3.05, 3.63) is 52.0 Å². The summed E-state index contributed by atoms with van der Waals surface area (Å²) in [4.78, 5) is 18.3. The third-order valence-electron chi connectivity index (χ3n) is 3.00. The first kappa shape index (κ1) is 13.8. The van der Waals surface area contributed by atoms with Crippen molar-refractivity contribution < 1.29 is 4.79 Å². The number of benzene rings is 1. The minimum absolute atomic E-state index is 0.0152. The fourth-order valence-corrected chi connectivity index (χ4v) is 2.26. The monoisotopic (exact) mass is 321 g/mol. The molecular weight excluding hydrogens is 306 g/mol. The average Bonchev–Trinajstić information content (AvgIpc) is 2.77. The van der Waals surface area contributed by atoms with E-state index in [0.717, 1.165) is 15.9 Å². The molecule has 0 aliphatic rings. The van der Waals surface area contributed by atoms with Gasteiger partial charge in [0.25, 0.3) is 5.91 Å². The number of halogens is 1. The number of carbonyl (C=O) groups is 1. The first-order valence-electron chi connectivity index (χ1n) is 5.97. The average molecular weight is 322 g/mol. The Hall–Kier alpha value is -1.62. The molecule has 5 heteroatoms. The van der Waals surface area contributed by atoms with E-state index in [1.807, 2.05) is 42.9 Å². The van der Waals surface area contributed by atoms with E-state index >= 15 is 0 Å². The Balaban J connectivity index is 2.19. The van der Waals surface area contributed by atoms with Crippen LogP contribution in [0.4, 0.5) is 0 Å². The highest BCUT2D eigenvalue weighted by Crippen LogP contribution is 2.20. The minimum Gasteiger partial charge on any atom is -0.337 e. The van der Waals surface area contributed by atoms with Gasteiger partial charge in [-0.3, -0.25) is 4.79 Å². The Labute approximate surface area is 121 Å². The highest BCUT2D eigenvalue weighted by Gasteiger charge is 2.16. The lowest BCUT2D eigenvalue weighted by molar-refractivity contribution is 0.0779. The summed E-state index contributed by atoms with van der Waals surface area (Å²) in [7, 11) is 3.70. The van der Waals surface area contributed by atoms with E-state index in [-0.39, 0.29) is 5.91 Å². The molecule has 19 heavy (non-hydrogen) atoms. The van der Waals surface area contributed by atoms with Crippen molar-refractivity contribution in [1.29, 1.82) is 0 Å². The van der Waals surface area contributed by atoms with Gasteiger partial charge in [0, 0.05) is 31.0 Å². The van der Waals surface area contributed by atoms with E-state index in [2.05, 4.69) is 20.9 Å². The quantitative estimate of drug-likeness (QED) is 0.871. The molecule has 0 atom stereocenters. The number of rotatable bonds is 3. The van der Waals surface area contributed by atoms with Gasteiger partial charge in [-0.05, 0) is 35.0 Å². The predicted molar refractivity (Wildman–Crippen MR) is 77.9 cm³/mol. The minimum atomic E-state index is -0.0152. The van der Waals surface area contributed by atoms with Gasteiger partial charge in [-0.2, -0.15) is 0 Å². The molecule has 0 saturated carbocycles. The first-order chi connectivity index (χ1) is 8.99. The fraction of sp³-hybridized carbons (Fsp3) is 0.286. The van der Waals surface area contributed by atoms with E-state index in [9.17, 15) is 4.79 Å². The highest BCUT2D eigenvalue weighted by atomic mass is 79.9. The number of aryl methyl sites for hydroxylation is 2. The Morgan fingerprint density at radius 2 is 2.21 bits per heavy atom. The fourth-order valence-electron chi connectivity index (χ4n) is 1.84. The number of carbonyl (C=O) groups excluding carboxylic acids is 1. The zero-order valence-corrected chi connectivity index (χ0v) is 12.8. The second-order valence-corrected chi connectivity index (χ2v) is 5.45. The van der Waals surface area contributed by atoms with Gasteiger partial charge in [0.1, 0.15) is 5.82 Å². The molecule has 1 aromatic carbocycles. The summed E-state index contributed by atoms with van der Waals surface area (Å²) in [6, 6.07) is 5.76. The molecule has 0 bridgehead atoms. The zero-order chi connectivity index (χ0) is 14.0.